The summed E-state index contributed by atoms with van der Waals surface area (Å²) in [7, 11) is 2.17. The maximum absolute atomic E-state index is 13.2. The lowest BCUT2D eigenvalue weighted by Crippen LogP contribution is -2.60. The largest absolute Gasteiger partial charge is 0.455 e. The van der Waals surface area contributed by atoms with Gasteiger partial charge in [0.25, 0.3) is 0 Å². The second-order valence-corrected chi connectivity index (χ2v) is 15.0. The van der Waals surface area contributed by atoms with Crippen LogP contribution >= 0.6 is 0 Å². The minimum Gasteiger partial charge on any atom is -0.455 e. The van der Waals surface area contributed by atoms with Crippen LogP contribution in [0.3, 0.4) is 0 Å². The molecule has 3 saturated carbocycles. The molecule has 2 heterocycles. The van der Waals surface area contributed by atoms with Crippen molar-refractivity contribution in [2.45, 2.75) is 89.4 Å². The molecule has 0 amide bonds. The van der Waals surface area contributed by atoms with E-state index in [2.05, 4.69) is 48.9 Å². The van der Waals surface area contributed by atoms with Crippen molar-refractivity contribution < 1.29 is 19.1 Å². The fourth-order valence-corrected chi connectivity index (χ4v) is 10.1. The lowest BCUT2D eigenvalue weighted by atomic mass is 9.45. The van der Waals surface area contributed by atoms with Gasteiger partial charge in [0, 0.05) is 44.2 Å². The van der Waals surface area contributed by atoms with Crippen molar-refractivity contribution >= 4 is 5.97 Å². The third kappa shape index (κ3) is 5.00. The number of hydrogen-bond acceptors (Lipinski definition) is 7. The molecule has 1 saturated heterocycles. The number of carbonyl (C=O) groups excluding carboxylic acids is 1. The van der Waals surface area contributed by atoms with Gasteiger partial charge in [-0.15, -0.1) is 0 Å². The van der Waals surface area contributed by atoms with Crippen molar-refractivity contribution in [2.24, 2.45) is 22.7 Å². The van der Waals surface area contributed by atoms with Gasteiger partial charge in [-0.05, 0) is 117 Å². The Morgan fingerprint density at radius 1 is 0.955 bits per heavy atom. The van der Waals surface area contributed by atoms with Gasteiger partial charge >= 0.3 is 11.6 Å². The van der Waals surface area contributed by atoms with Crippen LogP contribution in [-0.2, 0) is 11.3 Å². The first-order valence-electron chi connectivity index (χ1n) is 16.8. The summed E-state index contributed by atoms with van der Waals surface area (Å²) in [4.78, 5) is 29.6. The lowest BCUT2D eigenvalue weighted by molar-refractivity contribution is -0.178. The highest BCUT2D eigenvalue weighted by molar-refractivity contribution is 5.89. The number of rotatable bonds is 5. The quantitative estimate of drug-likeness (QED) is 0.344. The van der Waals surface area contributed by atoms with Gasteiger partial charge in [-0.2, -0.15) is 0 Å². The summed E-state index contributed by atoms with van der Waals surface area (Å²) < 4.78 is 11.3. The minimum atomic E-state index is -0.731. The molecule has 4 aliphatic carbocycles. The molecule has 1 aliphatic heterocycles. The number of carbonyl (C=O) groups is 1. The lowest BCUT2D eigenvalue weighted by Gasteiger charge is -2.61. The van der Waals surface area contributed by atoms with Gasteiger partial charge in [0.05, 0.1) is 17.4 Å². The molecule has 1 aromatic carbocycles. The molecule has 2 aromatic rings. The summed E-state index contributed by atoms with van der Waals surface area (Å²) in [6.07, 6.45) is 11.1. The molecule has 1 aromatic heterocycles. The molecule has 5 aliphatic rings. The van der Waals surface area contributed by atoms with Crippen LogP contribution in [0.4, 0.5) is 0 Å². The van der Waals surface area contributed by atoms with E-state index >= 15 is 0 Å². The van der Waals surface area contributed by atoms with Gasteiger partial charge in [-0.3, -0.25) is 4.90 Å². The molecule has 7 nitrogen and oxygen atoms in total. The molecule has 7 atom stereocenters. The van der Waals surface area contributed by atoms with Gasteiger partial charge in [0.15, 0.2) is 0 Å². The molecule has 236 valence electrons. The highest BCUT2D eigenvalue weighted by atomic mass is 16.5. The van der Waals surface area contributed by atoms with Crippen LogP contribution in [0.5, 0.6) is 0 Å². The van der Waals surface area contributed by atoms with Crippen LogP contribution in [0, 0.1) is 22.7 Å². The van der Waals surface area contributed by atoms with Crippen molar-refractivity contribution in [3.8, 4) is 0 Å². The van der Waals surface area contributed by atoms with E-state index in [1.165, 1.54) is 17.2 Å². The van der Waals surface area contributed by atoms with E-state index in [1.807, 2.05) is 18.2 Å². The van der Waals surface area contributed by atoms with Gasteiger partial charge in [0.1, 0.15) is 6.10 Å². The Hall–Kier alpha value is -2.74. The van der Waals surface area contributed by atoms with Crippen LogP contribution in [0.2, 0.25) is 0 Å². The number of ether oxygens (including phenoxy) is 1. The van der Waals surface area contributed by atoms with E-state index in [1.54, 1.807) is 6.26 Å². The highest BCUT2D eigenvalue weighted by Gasteiger charge is 2.66. The zero-order valence-electron chi connectivity index (χ0n) is 26.6. The molecule has 0 bridgehead atoms. The Kier molecular flexibility index (Phi) is 7.66. The third-order valence-electron chi connectivity index (χ3n) is 12.8. The topological polar surface area (TPSA) is 83.2 Å². The Morgan fingerprint density at radius 3 is 2.45 bits per heavy atom. The first-order chi connectivity index (χ1) is 21.1. The first kappa shape index (κ1) is 29.9. The Labute approximate surface area is 261 Å². The monoisotopic (exact) mass is 600 g/mol. The van der Waals surface area contributed by atoms with E-state index in [4.69, 9.17) is 9.15 Å². The predicted molar refractivity (Wildman–Crippen MR) is 169 cm³/mol. The summed E-state index contributed by atoms with van der Waals surface area (Å²) in [5.41, 5.74) is 3.02. The smallest absolute Gasteiger partial charge is 0.338 e. The zero-order valence-corrected chi connectivity index (χ0v) is 26.6. The van der Waals surface area contributed by atoms with E-state index in [-0.39, 0.29) is 40.4 Å². The fraction of sp³-hybridized carbons (Fsp3) is 0.622. The van der Waals surface area contributed by atoms with Crippen LogP contribution in [0.15, 0.2) is 63.5 Å². The van der Waals surface area contributed by atoms with Crippen LogP contribution < -0.4 is 5.63 Å². The van der Waals surface area contributed by atoms with Crippen molar-refractivity contribution in [3.63, 3.8) is 0 Å². The number of benzene rings is 1. The summed E-state index contributed by atoms with van der Waals surface area (Å²) in [6.45, 7) is 9.93. The van der Waals surface area contributed by atoms with Gasteiger partial charge < -0.3 is 19.2 Å². The average molecular weight is 601 g/mol. The van der Waals surface area contributed by atoms with Crippen LogP contribution in [0.25, 0.3) is 0 Å². The number of allylic oxidation sites excluding steroid dienone is 1. The highest BCUT2D eigenvalue weighted by Crippen LogP contribution is 2.70. The fourth-order valence-electron chi connectivity index (χ4n) is 10.1. The number of piperazine rings is 1. The van der Waals surface area contributed by atoms with E-state index in [9.17, 15) is 14.7 Å². The third-order valence-corrected chi connectivity index (χ3v) is 12.8. The molecule has 2 unspecified atom stereocenters. The van der Waals surface area contributed by atoms with E-state index < -0.39 is 5.60 Å². The predicted octanol–water partition coefficient (Wildman–Crippen LogP) is 5.77. The SMILES string of the molecule is CN1CCN(Cc2ccc(C(=O)O[C@@H]3C=C4CCC5C(CC[C@]6(C)[C@@H](c7ccc(=O)oc7)CC[C@]56O)[C@@]4(C)CC3)cc2)CC1. The summed E-state index contributed by atoms with van der Waals surface area (Å²) >= 11 is 0. The molecule has 0 spiro atoms. The number of nitrogens with zero attached hydrogens (tertiary/aromatic N) is 2. The number of hydrogen-bond donors (Lipinski definition) is 1. The second-order valence-electron chi connectivity index (χ2n) is 15.0. The van der Waals surface area contributed by atoms with Crippen LogP contribution in [0.1, 0.15) is 92.6 Å². The molecular weight excluding hydrogens is 552 g/mol. The number of fused-ring (bicyclic) bond motifs is 5. The van der Waals surface area contributed by atoms with Crippen molar-refractivity contribution in [1.82, 2.24) is 9.80 Å². The van der Waals surface area contributed by atoms with Crippen molar-refractivity contribution in [1.29, 1.82) is 0 Å². The Balaban J connectivity index is 1.02. The molecule has 7 rings (SSSR count). The zero-order chi connectivity index (χ0) is 30.7. The van der Waals surface area contributed by atoms with Gasteiger partial charge in [-0.1, -0.05) is 31.6 Å². The van der Waals surface area contributed by atoms with Gasteiger partial charge in [0.2, 0.25) is 0 Å². The molecule has 7 heteroatoms. The van der Waals surface area contributed by atoms with E-state index in [0.29, 0.717) is 11.5 Å². The number of likely N-dealkylation sites (N-methyl/N-ethyl adjacent to an activating group) is 1. The van der Waals surface area contributed by atoms with E-state index in [0.717, 1.165) is 89.7 Å². The standard InChI is InChI=1S/C37H48N2O5/c1-35-15-12-29(44-34(41)26-6-4-25(5-7-26)23-39-20-18-38(3)19-21-39)22-28(35)9-10-32-31(35)13-16-36(2)30(14-17-37(32,36)42)27-8-11-33(40)43-24-27/h4-8,11,22,24,29-32,42H,9-10,12-21,23H2,1-3H3/t29-,30+,31?,32?,35-,36+,37-/m0/s1. The summed E-state index contributed by atoms with van der Waals surface area (Å²) in [5, 5.41) is 12.5. The van der Waals surface area contributed by atoms with Crippen LogP contribution in [-0.4, -0.2) is 65.8 Å². The van der Waals surface area contributed by atoms with Crippen molar-refractivity contribution in [3.05, 3.63) is 81.4 Å². The summed E-state index contributed by atoms with van der Waals surface area (Å²) in [5.74, 6) is 0.607. The first-order valence-corrected chi connectivity index (χ1v) is 16.8. The Bertz CT molecular complexity index is 1450. The molecule has 1 N–H and O–H groups in total. The number of aliphatic hydroxyl groups is 1. The maximum Gasteiger partial charge on any atom is 0.338 e. The normalized spacial score (nSPS) is 37.4. The molecular formula is C37H48N2O5. The molecule has 0 radical (unpaired) electrons. The Morgan fingerprint density at radius 2 is 1.73 bits per heavy atom. The summed E-state index contributed by atoms with van der Waals surface area (Å²) in [6, 6.07) is 11.4. The molecule has 4 fully saturated rings. The van der Waals surface area contributed by atoms with Crippen molar-refractivity contribution in [2.75, 3.05) is 33.2 Å². The molecule has 44 heavy (non-hydrogen) atoms. The maximum atomic E-state index is 13.2. The number of esters is 1. The second kappa shape index (κ2) is 11.3. The average Bonchev–Trinajstić information content (AvgIpc) is 3.30. The van der Waals surface area contributed by atoms with Gasteiger partial charge in [-0.25, -0.2) is 9.59 Å². The minimum absolute atomic E-state index is 0.0193.